The normalized spacial score (nSPS) is 10.6. The van der Waals surface area contributed by atoms with Gasteiger partial charge in [-0.2, -0.15) is 5.10 Å². The van der Waals surface area contributed by atoms with Crippen LogP contribution in [0.4, 0.5) is 0 Å². The van der Waals surface area contributed by atoms with E-state index >= 15 is 0 Å². The second kappa shape index (κ2) is 7.54. The molecule has 0 fully saturated rings. The van der Waals surface area contributed by atoms with E-state index in [0.717, 1.165) is 10.0 Å². The Balaban J connectivity index is 2.07. The van der Waals surface area contributed by atoms with Crippen LogP contribution >= 0.6 is 15.9 Å². The highest BCUT2D eigenvalue weighted by Gasteiger charge is 2.04. The molecule has 0 atom stereocenters. The lowest BCUT2D eigenvalue weighted by molar-refractivity contribution is 0.0954. The molecule has 1 aromatic carbocycles. The zero-order valence-corrected chi connectivity index (χ0v) is 13.0. The average Bonchev–Trinajstić information content (AvgIpc) is 2.51. The SMILES string of the molecule is CCOc1ccc(Br)cc1/C=N\NC(=O)c1cccnc1. The summed E-state index contributed by atoms with van der Waals surface area (Å²) in [5.41, 5.74) is 3.68. The van der Waals surface area contributed by atoms with Crippen LogP contribution in [0.1, 0.15) is 22.8 Å². The molecule has 5 nitrogen and oxygen atoms in total. The lowest BCUT2D eigenvalue weighted by atomic mass is 10.2. The number of carbonyl (C=O) groups excluding carboxylic acids is 1. The topological polar surface area (TPSA) is 63.6 Å². The number of benzene rings is 1. The summed E-state index contributed by atoms with van der Waals surface area (Å²) in [6, 6.07) is 8.96. The minimum atomic E-state index is -0.313. The minimum Gasteiger partial charge on any atom is -0.493 e. The maximum absolute atomic E-state index is 11.8. The van der Waals surface area contributed by atoms with Crippen molar-refractivity contribution >= 4 is 28.1 Å². The predicted octanol–water partition coefficient (Wildman–Crippen LogP) is 3.01. The van der Waals surface area contributed by atoms with E-state index < -0.39 is 0 Å². The van der Waals surface area contributed by atoms with E-state index in [9.17, 15) is 4.79 Å². The van der Waals surface area contributed by atoms with Crippen molar-refractivity contribution in [1.29, 1.82) is 0 Å². The molecule has 0 saturated heterocycles. The third-order valence-corrected chi connectivity index (χ3v) is 3.06. The van der Waals surface area contributed by atoms with Crippen LogP contribution < -0.4 is 10.2 Å². The molecule has 1 N–H and O–H groups in total. The van der Waals surface area contributed by atoms with Crippen LogP contribution in [0.2, 0.25) is 0 Å². The molecule has 2 rings (SSSR count). The van der Waals surface area contributed by atoms with Crippen LogP contribution in [0.25, 0.3) is 0 Å². The molecule has 6 heteroatoms. The highest BCUT2D eigenvalue weighted by molar-refractivity contribution is 9.10. The fourth-order valence-electron chi connectivity index (χ4n) is 1.63. The van der Waals surface area contributed by atoms with Gasteiger partial charge in [0, 0.05) is 22.4 Å². The van der Waals surface area contributed by atoms with Crippen LogP contribution in [0, 0.1) is 0 Å². The molecular formula is C15H14BrN3O2. The molecule has 0 unspecified atom stereocenters. The van der Waals surface area contributed by atoms with Crippen molar-refractivity contribution in [3.05, 3.63) is 58.3 Å². The van der Waals surface area contributed by atoms with Crippen molar-refractivity contribution in [3.8, 4) is 5.75 Å². The molecule has 0 aliphatic heterocycles. The molecule has 21 heavy (non-hydrogen) atoms. The number of amides is 1. The molecule has 0 radical (unpaired) electrons. The molecule has 0 saturated carbocycles. The van der Waals surface area contributed by atoms with Crippen LogP contribution in [0.5, 0.6) is 5.75 Å². The van der Waals surface area contributed by atoms with Crippen LogP contribution in [0.15, 0.2) is 52.3 Å². The van der Waals surface area contributed by atoms with Crippen LogP contribution in [0.3, 0.4) is 0 Å². The molecule has 0 aliphatic rings. The van der Waals surface area contributed by atoms with Crippen LogP contribution in [-0.4, -0.2) is 23.7 Å². The molecule has 1 aromatic heterocycles. The first-order valence-corrected chi connectivity index (χ1v) is 7.15. The number of carbonyl (C=O) groups is 1. The van der Waals surface area contributed by atoms with Gasteiger partial charge in [-0.05, 0) is 37.3 Å². The highest BCUT2D eigenvalue weighted by Crippen LogP contribution is 2.21. The third-order valence-electron chi connectivity index (χ3n) is 2.57. The quantitative estimate of drug-likeness (QED) is 0.667. The fraction of sp³-hybridized carbons (Fsp3) is 0.133. The monoisotopic (exact) mass is 347 g/mol. The Morgan fingerprint density at radius 2 is 2.33 bits per heavy atom. The number of ether oxygens (including phenoxy) is 1. The Hall–Kier alpha value is -2.21. The Kier molecular flexibility index (Phi) is 5.45. The highest BCUT2D eigenvalue weighted by atomic mass is 79.9. The summed E-state index contributed by atoms with van der Waals surface area (Å²) in [6.45, 7) is 2.47. The Morgan fingerprint density at radius 3 is 3.05 bits per heavy atom. The summed E-state index contributed by atoms with van der Waals surface area (Å²) < 4.78 is 6.41. The van der Waals surface area contributed by atoms with Gasteiger partial charge in [0.25, 0.3) is 5.91 Å². The van der Waals surface area contributed by atoms with E-state index in [0.29, 0.717) is 17.9 Å². The van der Waals surface area contributed by atoms with E-state index in [-0.39, 0.29) is 5.91 Å². The second-order valence-electron chi connectivity index (χ2n) is 4.06. The fourth-order valence-corrected chi connectivity index (χ4v) is 2.01. The van der Waals surface area contributed by atoms with Gasteiger partial charge in [0.15, 0.2) is 0 Å². The van der Waals surface area contributed by atoms with E-state index in [1.807, 2.05) is 25.1 Å². The summed E-state index contributed by atoms with van der Waals surface area (Å²) in [4.78, 5) is 15.7. The zero-order chi connectivity index (χ0) is 15.1. The number of hydrazone groups is 1. The number of pyridine rings is 1. The summed E-state index contributed by atoms with van der Waals surface area (Å²) in [5, 5.41) is 3.95. The van der Waals surface area contributed by atoms with Crippen molar-refractivity contribution in [1.82, 2.24) is 10.4 Å². The molecule has 108 valence electrons. The maximum Gasteiger partial charge on any atom is 0.272 e. The predicted molar refractivity (Wildman–Crippen MR) is 84.6 cm³/mol. The number of hydrogen-bond acceptors (Lipinski definition) is 4. The summed E-state index contributed by atoms with van der Waals surface area (Å²) in [5.74, 6) is 0.396. The number of nitrogens with zero attached hydrogens (tertiary/aromatic N) is 2. The van der Waals surface area contributed by atoms with E-state index in [1.54, 1.807) is 24.5 Å². The average molecular weight is 348 g/mol. The van der Waals surface area contributed by atoms with Gasteiger partial charge in [-0.1, -0.05) is 15.9 Å². The van der Waals surface area contributed by atoms with E-state index in [4.69, 9.17) is 4.74 Å². The lowest BCUT2D eigenvalue weighted by Gasteiger charge is -2.07. The molecule has 2 aromatic rings. The second-order valence-corrected chi connectivity index (χ2v) is 4.97. The standard InChI is InChI=1S/C15H14BrN3O2/c1-2-21-14-6-5-13(16)8-12(14)10-18-19-15(20)11-4-3-7-17-9-11/h3-10H,2H2,1H3,(H,19,20)/b18-10-. The molecule has 0 aliphatic carbocycles. The Bertz CT molecular complexity index is 645. The Labute approximate surface area is 131 Å². The van der Waals surface area contributed by atoms with E-state index in [2.05, 4.69) is 31.4 Å². The largest absolute Gasteiger partial charge is 0.493 e. The summed E-state index contributed by atoms with van der Waals surface area (Å²) in [7, 11) is 0. The third kappa shape index (κ3) is 4.39. The van der Waals surface area contributed by atoms with Gasteiger partial charge in [-0.3, -0.25) is 9.78 Å². The number of nitrogens with one attached hydrogen (secondary N) is 1. The molecule has 1 amide bonds. The Morgan fingerprint density at radius 1 is 1.48 bits per heavy atom. The summed E-state index contributed by atoms with van der Waals surface area (Å²) in [6.07, 6.45) is 4.63. The van der Waals surface area contributed by atoms with Gasteiger partial charge in [0.1, 0.15) is 5.75 Å². The molecular weight excluding hydrogens is 334 g/mol. The number of aromatic nitrogens is 1. The zero-order valence-electron chi connectivity index (χ0n) is 11.4. The van der Waals surface area contributed by atoms with Crippen molar-refractivity contribution in [3.63, 3.8) is 0 Å². The van der Waals surface area contributed by atoms with Gasteiger partial charge >= 0.3 is 0 Å². The number of rotatable bonds is 5. The first-order chi connectivity index (χ1) is 10.2. The lowest BCUT2D eigenvalue weighted by Crippen LogP contribution is -2.17. The molecule has 0 bridgehead atoms. The first-order valence-electron chi connectivity index (χ1n) is 6.36. The van der Waals surface area contributed by atoms with Crippen molar-refractivity contribution in [2.75, 3.05) is 6.61 Å². The smallest absolute Gasteiger partial charge is 0.272 e. The van der Waals surface area contributed by atoms with Gasteiger partial charge in [-0.25, -0.2) is 5.43 Å². The van der Waals surface area contributed by atoms with Crippen molar-refractivity contribution in [2.24, 2.45) is 5.10 Å². The number of hydrogen-bond donors (Lipinski definition) is 1. The van der Waals surface area contributed by atoms with Crippen molar-refractivity contribution < 1.29 is 9.53 Å². The molecule has 1 heterocycles. The van der Waals surface area contributed by atoms with Gasteiger partial charge in [-0.15, -0.1) is 0 Å². The maximum atomic E-state index is 11.8. The summed E-state index contributed by atoms with van der Waals surface area (Å²) >= 11 is 3.39. The van der Waals surface area contributed by atoms with Crippen molar-refractivity contribution in [2.45, 2.75) is 6.92 Å². The molecule has 0 spiro atoms. The van der Waals surface area contributed by atoms with Gasteiger partial charge in [0.2, 0.25) is 0 Å². The van der Waals surface area contributed by atoms with Gasteiger partial charge in [0.05, 0.1) is 18.4 Å². The van der Waals surface area contributed by atoms with Crippen LogP contribution in [-0.2, 0) is 0 Å². The van der Waals surface area contributed by atoms with Gasteiger partial charge < -0.3 is 4.74 Å². The minimum absolute atomic E-state index is 0.313. The first kappa shape index (κ1) is 15.2. The van der Waals surface area contributed by atoms with E-state index in [1.165, 1.54) is 6.20 Å². The number of halogens is 1.